The van der Waals surface area contributed by atoms with Crippen molar-refractivity contribution in [3.05, 3.63) is 76.3 Å². The second-order valence-electron chi connectivity index (χ2n) is 5.33. The summed E-state index contributed by atoms with van der Waals surface area (Å²) in [7, 11) is 0. The number of rotatable bonds is 2. The molecule has 3 aromatic rings. The number of halogens is 1. The third-order valence-corrected chi connectivity index (χ3v) is 4.07. The number of primary amides is 1. The maximum absolute atomic E-state index is 11.7. The van der Waals surface area contributed by atoms with Gasteiger partial charge < -0.3 is 5.73 Å². The van der Waals surface area contributed by atoms with E-state index in [1.165, 1.54) is 0 Å². The first-order valence-corrected chi connectivity index (χ1v) is 7.67. The Kier molecular flexibility index (Phi) is 3.39. The number of nitrogens with two attached hydrogens (primary N) is 1. The monoisotopic (exact) mass is 337 g/mol. The van der Waals surface area contributed by atoms with Crippen LogP contribution in [0, 0.1) is 0 Å². The van der Waals surface area contributed by atoms with E-state index in [2.05, 4.69) is 15.2 Å². The fourth-order valence-electron chi connectivity index (χ4n) is 2.80. The molecular formula is C17H12ClN5O. The standard InChI is InChI=1S/C17H12ClN5O/c18-11-6-7-13-12(8-11)15(10-4-2-1-3-5-10)20-9-14-21-22-17(16(19)24)23(13)14/h1-8H,9H2,(H2,19,24). The molecule has 2 heterocycles. The molecule has 2 N–H and O–H groups in total. The molecule has 0 fully saturated rings. The molecule has 1 aromatic heterocycles. The zero-order chi connectivity index (χ0) is 16.7. The van der Waals surface area contributed by atoms with E-state index in [1.54, 1.807) is 10.6 Å². The highest BCUT2D eigenvalue weighted by Gasteiger charge is 2.24. The Labute approximate surface area is 142 Å². The first-order valence-electron chi connectivity index (χ1n) is 7.29. The average molecular weight is 338 g/mol. The first-order chi connectivity index (χ1) is 11.6. The van der Waals surface area contributed by atoms with E-state index in [0.29, 0.717) is 10.8 Å². The number of benzene rings is 2. The molecule has 1 amide bonds. The van der Waals surface area contributed by atoms with Crippen molar-refractivity contribution in [3.8, 4) is 5.69 Å². The molecule has 0 unspecified atom stereocenters. The average Bonchev–Trinajstić information content (AvgIpc) is 2.94. The lowest BCUT2D eigenvalue weighted by Crippen LogP contribution is -2.19. The quantitative estimate of drug-likeness (QED) is 0.778. The third-order valence-electron chi connectivity index (χ3n) is 3.83. The molecule has 0 bridgehead atoms. The minimum absolute atomic E-state index is 0.0816. The van der Waals surface area contributed by atoms with Crippen molar-refractivity contribution < 1.29 is 4.79 Å². The molecule has 0 saturated heterocycles. The summed E-state index contributed by atoms with van der Waals surface area (Å²) in [4.78, 5) is 16.4. The lowest BCUT2D eigenvalue weighted by molar-refractivity contribution is 0.0988. The first kappa shape index (κ1) is 14.6. The van der Waals surface area contributed by atoms with Gasteiger partial charge in [-0.25, -0.2) is 0 Å². The van der Waals surface area contributed by atoms with E-state index in [1.807, 2.05) is 42.5 Å². The Bertz CT molecular complexity index is 978. The Morgan fingerprint density at radius 1 is 1.12 bits per heavy atom. The van der Waals surface area contributed by atoms with Crippen LogP contribution in [0.4, 0.5) is 0 Å². The fraction of sp³-hybridized carbons (Fsp3) is 0.0588. The highest BCUT2D eigenvalue weighted by atomic mass is 35.5. The van der Waals surface area contributed by atoms with Gasteiger partial charge in [-0.1, -0.05) is 41.9 Å². The molecule has 0 saturated carbocycles. The van der Waals surface area contributed by atoms with Gasteiger partial charge in [-0.3, -0.25) is 14.4 Å². The van der Waals surface area contributed by atoms with Crippen molar-refractivity contribution >= 4 is 23.2 Å². The second kappa shape index (κ2) is 5.58. The van der Waals surface area contributed by atoms with Gasteiger partial charge in [-0.2, -0.15) is 0 Å². The summed E-state index contributed by atoms with van der Waals surface area (Å²) in [6.07, 6.45) is 0. The normalized spacial score (nSPS) is 12.8. The summed E-state index contributed by atoms with van der Waals surface area (Å²) in [6, 6.07) is 15.2. The molecule has 2 aromatic carbocycles. The lowest BCUT2D eigenvalue weighted by atomic mass is 10.0. The van der Waals surface area contributed by atoms with Gasteiger partial charge in [0, 0.05) is 16.1 Å². The number of fused-ring (bicyclic) bond motifs is 3. The molecular weight excluding hydrogens is 326 g/mol. The van der Waals surface area contributed by atoms with Crippen LogP contribution in [0.3, 0.4) is 0 Å². The fourth-order valence-corrected chi connectivity index (χ4v) is 2.97. The van der Waals surface area contributed by atoms with Crippen LogP contribution in [0.15, 0.2) is 53.5 Å². The van der Waals surface area contributed by atoms with Gasteiger partial charge in [-0.05, 0) is 18.2 Å². The van der Waals surface area contributed by atoms with Crippen LogP contribution in [0.2, 0.25) is 5.02 Å². The summed E-state index contributed by atoms with van der Waals surface area (Å²) >= 11 is 6.20. The number of nitrogens with zero attached hydrogens (tertiary/aromatic N) is 4. The number of carbonyl (C=O) groups is 1. The Hall–Kier alpha value is -2.99. The summed E-state index contributed by atoms with van der Waals surface area (Å²) in [5.41, 5.74) is 8.72. The molecule has 7 heteroatoms. The number of hydrogen-bond donors (Lipinski definition) is 1. The van der Waals surface area contributed by atoms with E-state index in [4.69, 9.17) is 17.3 Å². The molecule has 0 radical (unpaired) electrons. The van der Waals surface area contributed by atoms with Crippen molar-refractivity contribution in [2.45, 2.75) is 6.54 Å². The number of aromatic nitrogens is 3. The van der Waals surface area contributed by atoms with Gasteiger partial charge in [0.15, 0.2) is 5.82 Å². The van der Waals surface area contributed by atoms with E-state index >= 15 is 0 Å². The van der Waals surface area contributed by atoms with Gasteiger partial charge in [-0.15, -0.1) is 10.2 Å². The Balaban J connectivity index is 2.01. The maximum atomic E-state index is 11.7. The molecule has 0 aliphatic carbocycles. The predicted molar refractivity (Wildman–Crippen MR) is 90.7 cm³/mol. The van der Waals surface area contributed by atoms with Gasteiger partial charge in [0.2, 0.25) is 5.82 Å². The SMILES string of the molecule is NC(=O)c1nnc2n1-c1ccc(Cl)cc1C(c1ccccc1)=NC2. The number of aliphatic imine (C=N–C) groups is 1. The molecule has 1 aliphatic heterocycles. The third kappa shape index (κ3) is 2.28. The summed E-state index contributed by atoms with van der Waals surface area (Å²) < 4.78 is 1.65. The molecule has 24 heavy (non-hydrogen) atoms. The van der Waals surface area contributed by atoms with Crippen molar-refractivity contribution in [1.29, 1.82) is 0 Å². The van der Waals surface area contributed by atoms with Crippen LogP contribution in [0.5, 0.6) is 0 Å². The Morgan fingerprint density at radius 2 is 1.92 bits per heavy atom. The molecule has 1 aliphatic rings. The van der Waals surface area contributed by atoms with Gasteiger partial charge in [0.05, 0.1) is 11.4 Å². The van der Waals surface area contributed by atoms with E-state index < -0.39 is 5.91 Å². The highest BCUT2D eigenvalue weighted by Crippen LogP contribution is 2.28. The van der Waals surface area contributed by atoms with Crippen molar-refractivity contribution in [1.82, 2.24) is 14.8 Å². The van der Waals surface area contributed by atoms with Crippen LogP contribution in [-0.2, 0) is 6.54 Å². The second-order valence-corrected chi connectivity index (χ2v) is 5.77. The van der Waals surface area contributed by atoms with Crippen molar-refractivity contribution in [2.75, 3.05) is 0 Å². The van der Waals surface area contributed by atoms with Crippen LogP contribution >= 0.6 is 11.6 Å². The predicted octanol–water partition coefficient (Wildman–Crippen LogP) is 2.37. The number of amides is 1. The summed E-state index contributed by atoms with van der Waals surface area (Å²) in [5.74, 6) is -0.00537. The molecule has 0 spiro atoms. The van der Waals surface area contributed by atoms with Gasteiger partial charge in [0.25, 0.3) is 5.91 Å². The minimum Gasteiger partial charge on any atom is -0.363 e. The zero-order valence-electron chi connectivity index (χ0n) is 12.5. The maximum Gasteiger partial charge on any atom is 0.287 e. The van der Waals surface area contributed by atoms with Gasteiger partial charge >= 0.3 is 0 Å². The van der Waals surface area contributed by atoms with Crippen LogP contribution in [0.1, 0.15) is 27.6 Å². The Morgan fingerprint density at radius 3 is 2.67 bits per heavy atom. The summed E-state index contributed by atoms with van der Waals surface area (Å²) in [6.45, 7) is 0.288. The zero-order valence-corrected chi connectivity index (χ0v) is 13.2. The topological polar surface area (TPSA) is 86.2 Å². The van der Waals surface area contributed by atoms with Crippen LogP contribution < -0.4 is 5.73 Å². The van der Waals surface area contributed by atoms with Crippen molar-refractivity contribution in [3.63, 3.8) is 0 Å². The lowest BCUT2D eigenvalue weighted by Gasteiger charge is -2.13. The van der Waals surface area contributed by atoms with Crippen LogP contribution in [-0.4, -0.2) is 26.4 Å². The molecule has 0 atom stereocenters. The van der Waals surface area contributed by atoms with E-state index in [0.717, 1.165) is 22.5 Å². The van der Waals surface area contributed by atoms with Gasteiger partial charge in [0.1, 0.15) is 6.54 Å². The smallest absolute Gasteiger partial charge is 0.287 e. The largest absolute Gasteiger partial charge is 0.363 e. The summed E-state index contributed by atoms with van der Waals surface area (Å²) in [5, 5.41) is 8.53. The molecule has 118 valence electrons. The molecule has 6 nitrogen and oxygen atoms in total. The van der Waals surface area contributed by atoms with Crippen LogP contribution in [0.25, 0.3) is 5.69 Å². The van der Waals surface area contributed by atoms with E-state index in [9.17, 15) is 4.79 Å². The highest BCUT2D eigenvalue weighted by molar-refractivity contribution is 6.31. The molecule has 4 rings (SSSR count). The van der Waals surface area contributed by atoms with E-state index in [-0.39, 0.29) is 12.4 Å². The number of hydrogen-bond acceptors (Lipinski definition) is 4. The minimum atomic E-state index is -0.641. The number of carbonyl (C=O) groups excluding carboxylic acids is 1. The van der Waals surface area contributed by atoms with Crippen molar-refractivity contribution in [2.24, 2.45) is 10.7 Å².